The molecule has 3 heteroatoms. The molecule has 3 nitrogen and oxygen atoms in total. The number of carbonyl (C=O) groups excluding carboxylic acids is 1. The molecular formula is C14H20N2O. The minimum atomic E-state index is -0.0865. The molecule has 0 aliphatic carbocycles. The predicted octanol–water partition coefficient (Wildman–Crippen LogP) is 2.38. The van der Waals surface area contributed by atoms with Crippen molar-refractivity contribution in [3.8, 4) is 0 Å². The van der Waals surface area contributed by atoms with E-state index in [0.717, 1.165) is 37.2 Å². The van der Waals surface area contributed by atoms with Crippen molar-refractivity contribution in [2.45, 2.75) is 32.1 Å². The highest BCUT2D eigenvalue weighted by atomic mass is 16.2. The number of nitrogen functional groups attached to an aromatic ring is 1. The molecule has 1 amide bonds. The summed E-state index contributed by atoms with van der Waals surface area (Å²) in [7, 11) is 0. The van der Waals surface area contributed by atoms with Gasteiger partial charge in [-0.25, -0.2) is 0 Å². The van der Waals surface area contributed by atoms with Crippen LogP contribution in [0.3, 0.4) is 0 Å². The van der Waals surface area contributed by atoms with Gasteiger partial charge in [-0.2, -0.15) is 0 Å². The minimum Gasteiger partial charge on any atom is -0.399 e. The van der Waals surface area contributed by atoms with Crippen molar-refractivity contribution in [1.82, 2.24) is 4.90 Å². The Morgan fingerprint density at radius 3 is 2.65 bits per heavy atom. The van der Waals surface area contributed by atoms with Crippen LogP contribution in [-0.4, -0.2) is 23.9 Å². The Bertz CT molecular complexity index is 397. The van der Waals surface area contributed by atoms with Gasteiger partial charge in [0.2, 0.25) is 5.91 Å². The number of benzene rings is 1. The van der Waals surface area contributed by atoms with Crippen molar-refractivity contribution in [3.63, 3.8) is 0 Å². The average Bonchev–Trinajstić information content (AvgIpc) is 2.38. The van der Waals surface area contributed by atoms with E-state index in [-0.39, 0.29) is 11.8 Å². The van der Waals surface area contributed by atoms with Crippen LogP contribution < -0.4 is 5.73 Å². The Kier molecular flexibility index (Phi) is 3.67. The van der Waals surface area contributed by atoms with Crippen LogP contribution in [0.4, 0.5) is 5.69 Å². The number of carbonyl (C=O) groups is 1. The SMILES string of the molecule is CC(C(=O)N1CCCCC1)c1cccc(N)c1. The van der Waals surface area contributed by atoms with Crippen LogP contribution in [0.25, 0.3) is 0 Å². The summed E-state index contributed by atoms with van der Waals surface area (Å²) >= 11 is 0. The molecule has 17 heavy (non-hydrogen) atoms. The highest BCUT2D eigenvalue weighted by Gasteiger charge is 2.23. The molecule has 1 aliphatic heterocycles. The lowest BCUT2D eigenvalue weighted by atomic mass is 9.98. The third-order valence-corrected chi connectivity index (χ3v) is 3.45. The number of nitrogens with zero attached hydrogens (tertiary/aromatic N) is 1. The van der Waals surface area contributed by atoms with Gasteiger partial charge in [-0.05, 0) is 43.9 Å². The zero-order valence-electron chi connectivity index (χ0n) is 10.4. The van der Waals surface area contributed by atoms with E-state index < -0.39 is 0 Å². The molecule has 0 spiro atoms. The van der Waals surface area contributed by atoms with E-state index in [4.69, 9.17) is 5.73 Å². The summed E-state index contributed by atoms with van der Waals surface area (Å²) in [5, 5.41) is 0. The summed E-state index contributed by atoms with van der Waals surface area (Å²) in [5.41, 5.74) is 7.49. The molecule has 1 heterocycles. The maximum Gasteiger partial charge on any atom is 0.229 e. The van der Waals surface area contributed by atoms with Gasteiger partial charge in [0.1, 0.15) is 0 Å². The second kappa shape index (κ2) is 5.21. The standard InChI is InChI=1S/C14H20N2O/c1-11(12-6-5-7-13(15)10-12)14(17)16-8-3-2-4-9-16/h5-7,10-11H,2-4,8-9,15H2,1H3. The quantitative estimate of drug-likeness (QED) is 0.796. The fraction of sp³-hybridized carbons (Fsp3) is 0.500. The number of piperidine rings is 1. The first-order chi connectivity index (χ1) is 8.18. The van der Waals surface area contributed by atoms with E-state index in [9.17, 15) is 4.79 Å². The van der Waals surface area contributed by atoms with E-state index in [1.54, 1.807) is 0 Å². The second-order valence-electron chi connectivity index (χ2n) is 4.78. The van der Waals surface area contributed by atoms with Crippen molar-refractivity contribution in [2.24, 2.45) is 0 Å². The smallest absolute Gasteiger partial charge is 0.229 e. The van der Waals surface area contributed by atoms with E-state index in [1.165, 1.54) is 6.42 Å². The van der Waals surface area contributed by atoms with Crippen LogP contribution in [-0.2, 0) is 4.79 Å². The summed E-state index contributed by atoms with van der Waals surface area (Å²) in [5.74, 6) is 0.145. The number of rotatable bonds is 2. The molecule has 1 aliphatic rings. The van der Waals surface area contributed by atoms with Gasteiger partial charge in [0.25, 0.3) is 0 Å². The summed E-state index contributed by atoms with van der Waals surface area (Å²) in [6, 6.07) is 7.63. The Balaban J connectivity index is 2.08. The van der Waals surface area contributed by atoms with Crippen molar-refractivity contribution >= 4 is 11.6 Å². The molecule has 0 saturated carbocycles. The first-order valence-corrected chi connectivity index (χ1v) is 6.32. The highest BCUT2D eigenvalue weighted by Crippen LogP contribution is 2.22. The summed E-state index contributed by atoms with van der Waals surface area (Å²) in [4.78, 5) is 14.3. The van der Waals surface area contributed by atoms with Gasteiger partial charge in [0, 0.05) is 18.8 Å². The molecular weight excluding hydrogens is 212 g/mol. The molecule has 1 unspecified atom stereocenters. The monoisotopic (exact) mass is 232 g/mol. The van der Waals surface area contributed by atoms with Crippen molar-refractivity contribution in [3.05, 3.63) is 29.8 Å². The molecule has 1 aromatic rings. The van der Waals surface area contributed by atoms with Crippen LogP contribution in [0.5, 0.6) is 0 Å². The topological polar surface area (TPSA) is 46.3 Å². The Morgan fingerprint density at radius 1 is 1.29 bits per heavy atom. The van der Waals surface area contributed by atoms with Gasteiger partial charge < -0.3 is 10.6 Å². The zero-order chi connectivity index (χ0) is 12.3. The van der Waals surface area contributed by atoms with Crippen LogP contribution in [0, 0.1) is 0 Å². The molecule has 2 N–H and O–H groups in total. The van der Waals surface area contributed by atoms with Gasteiger partial charge in [-0.1, -0.05) is 12.1 Å². The Labute approximate surface area is 103 Å². The number of likely N-dealkylation sites (tertiary alicyclic amines) is 1. The third-order valence-electron chi connectivity index (χ3n) is 3.45. The lowest BCUT2D eigenvalue weighted by Gasteiger charge is -2.29. The fourth-order valence-electron chi connectivity index (χ4n) is 2.36. The Hall–Kier alpha value is -1.51. The summed E-state index contributed by atoms with van der Waals surface area (Å²) in [6.45, 7) is 3.78. The number of anilines is 1. The lowest BCUT2D eigenvalue weighted by molar-refractivity contribution is -0.133. The normalized spacial score (nSPS) is 17.8. The van der Waals surface area contributed by atoms with Gasteiger partial charge in [-0.15, -0.1) is 0 Å². The van der Waals surface area contributed by atoms with Crippen molar-refractivity contribution in [1.29, 1.82) is 0 Å². The van der Waals surface area contributed by atoms with Crippen molar-refractivity contribution < 1.29 is 4.79 Å². The average molecular weight is 232 g/mol. The fourth-order valence-corrected chi connectivity index (χ4v) is 2.36. The summed E-state index contributed by atoms with van der Waals surface area (Å²) < 4.78 is 0. The maximum atomic E-state index is 12.3. The maximum absolute atomic E-state index is 12.3. The largest absolute Gasteiger partial charge is 0.399 e. The first-order valence-electron chi connectivity index (χ1n) is 6.32. The molecule has 0 bridgehead atoms. The molecule has 1 saturated heterocycles. The predicted molar refractivity (Wildman–Crippen MR) is 69.7 cm³/mol. The number of hydrogen-bond donors (Lipinski definition) is 1. The second-order valence-corrected chi connectivity index (χ2v) is 4.78. The number of amides is 1. The molecule has 1 atom stereocenters. The highest BCUT2D eigenvalue weighted by molar-refractivity contribution is 5.83. The van der Waals surface area contributed by atoms with Crippen LogP contribution in [0.1, 0.15) is 37.7 Å². The van der Waals surface area contributed by atoms with E-state index >= 15 is 0 Å². The van der Waals surface area contributed by atoms with Crippen molar-refractivity contribution in [2.75, 3.05) is 18.8 Å². The van der Waals surface area contributed by atoms with Crippen LogP contribution in [0.2, 0.25) is 0 Å². The zero-order valence-corrected chi connectivity index (χ0v) is 10.4. The molecule has 2 rings (SSSR count). The van der Waals surface area contributed by atoms with E-state index in [1.807, 2.05) is 36.1 Å². The molecule has 0 radical (unpaired) electrons. The van der Waals surface area contributed by atoms with Gasteiger partial charge in [-0.3, -0.25) is 4.79 Å². The number of hydrogen-bond acceptors (Lipinski definition) is 2. The molecule has 1 fully saturated rings. The van der Waals surface area contributed by atoms with Crippen LogP contribution >= 0.6 is 0 Å². The van der Waals surface area contributed by atoms with Crippen LogP contribution in [0.15, 0.2) is 24.3 Å². The summed E-state index contributed by atoms with van der Waals surface area (Å²) in [6.07, 6.45) is 3.52. The van der Waals surface area contributed by atoms with Gasteiger partial charge in [0.05, 0.1) is 5.92 Å². The van der Waals surface area contributed by atoms with E-state index in [2.05, 4.69) is 0 Å². The van der Waals surface area contributed by atoms with E-state index in [0.29, 0.717) is 0 Å². The third kappa shape index (κ3) is 2.78. The lowest BCUT2D eigenvalue weighted by Crippen LogP contribution is -2.38. The molecule has 1 aromatic carbocycles. The minimum absolute atomic E-state index is 0.0865. The Morgan fingerprint density at radius 2 is 2.00 bits per heavy atom. The molecule has 92 valence electrons. The number of nitrogens with two attached hydrogens (primary N) is 1. The van der Waals surface area contributed by atoms with Gasteiger partial charge >= 0.3 is 0 Å². The first kappa shape index (κ1) is 12.0. The molecule has 0 aromatic heterocycles. The van der Waals surface area contributed by atoms with Gasteiger partial charge in [0.15, 0.2) is 0 Å².